The van der Waals surface area contributed by atoms with Crippen molar-refractivity contribution in [1.29, 1.82) is 0 Å². The molecule has 6 heteroatoms. The third-order valence-corrected chi connectivity index (χ3v) is 2.78. The van der Waals surface area contributed by atoms with Crippen LogP contribution in [0.15, 0.2) is 12.1 Å². The number of halogens is 2. The minimum absolute atomic E-state index is 0.0944. The molecule has 0 aliphatic rings. The number of likely N-dealkylation sites (N-methyl/N-ethyl adjacent to an activating group) is 1. The molecule has 0 spiro atoms. The topological polar surface area (TPSA) is 53.4 Å². The number of hydrogen-bond donors (Lipinski definition) is 1. The van der Waals surface area contributed by atoms with Gasteiger partial charge < -0.3 is 10.0 Å². The van der Waals surface area contributed by atoms with Gasteiger partial charge in [-0.25, -0.2) is 4.98 Å². The Balaban J connectivity index is 3.00. The van der Waals surface area contributed by atoms with E-state index in [2.05, 4.69) is 4.98 Å². The molecule has 0 aliphatic heterocycles. The van der Waals surface area contributed by atoms with Crippen LogP contribution in [0.3, 0.4) is 0 Å². The monoisotopic (exact) mass is 262 g/mol. The Kier molecular flexibility index (Phi) is 4.53. The minimum atomic E-state index is -0.367. The highest BCUT2D eigenvalue weighted by Crippen LogP contribution is 2.18. The fourth-order valence-corrected chi connectivity index (χ4v) is 1.39. The standard InChI is InChI=1S/C10H12Cl2N2O2/c1-6(5-15)14(2)10(16)9-7(11)3-4-8(12)13-9/h3-4,6,15H,5H2,1-2H3. The first-order valence-electron chi connectivity index (χ1n) is 4.67. The van der Waals surface area contributed by atoms with Crippen LogP contribution >= 0.6 is 23.2 Å². The number of carbonyl (C=O) groups is 1. The first-order valence-corrected chi connectivity index (χ1v) is 5.43. The summed E-state index contributed by atoms with van der Waals surface area (Å²) in [6.07, 6.45) is 0. The van der Waals surface area contributed by atoms with Crippen molar-refractivity contribution in [2.75, 3.05) is 13.7 Å². The van der Waals surface area contributed by atoms with E-state index >= 15 is 0 Å². The summed E-state index contributed by atoms with van der Waals surface area (Å²) in [6.45, 7) is 1.59. The lowest BCUT2D eigenvalue weighted by Gasteiger charge is -2.23. The quantitative estimate of drug-likeness (QED) is 0.846. The Morgan fingerprint density at radius 2 is 2.19 bits per heavy atom. The molecule has 0 aliphatic carbocycles. The third-order valence-electron chi connectivity index (χ3n) is 2.26. The highest BCUT2D eigenvalue weighted by Gasteiger charge is 2.20. The van der Waals surface area contributed by atoms with Crippen LogP contribution in [0.2, 0.25) is 10.2 Å². The van der Waals surface area contributed by atoms with Gasteiger partial charge in [0.1, 0.15) is 10.8 Å². The Labute approximate surface area is 104 Å². The summed E-state index contributed by atoms with van der Waals surface area (Å²) in [7, 11) is 1.57. The molecular formula is C10H12Cl2N2O2. The Morgan fingerprint density at radius 3 is 2.75 bits per heavy atom. The van der Waals surface area contributed by atoms with Crippen molar-refractivity contribution in [1.82, 2.24) is 9.88 Å². The Morgan fingerprint density at radius 1 is 1.56 bits per heavy atom. The van der Waals surface area contributed by atoms with E-state index in [4.69, 9.17) is 28.3 Å². The van der Waals surface area contributed by atoms with Gasteiger partial charge in [0, 0.05) is 7.05 Å². The van der Waals surface area contributed by atoms with Gasteiger partial charge in [-0.2, -0.15) is 0 Å². The molecule has 1 aromatic rings. The van der Waals surface area contributed by atoms with Crippen molar-refractivity contribution < 1.29 is 9.90 Å². The first kappa shape index (κ1) is 13.2. The zero-order valence-corrected chi connectivity index (χ0v) is 10.5. The van der Waals surface area contributed by atoms with E-state index in [0.717, 1.165) is 0 Å². The Hall–Kier alpha value is -0.840. The highest BCUT2D eigenvalue weighted by atomic mass is 35.5. The molecule has 1 N–H and O–H groups in total. The van der Waals surface area contributed by atoms with Gasteiger partial charge in [-0.15, -0.1) is 0 Å². The van der Waals surface area contributed by atoms with Crippen molar-refractivity contribution in [2.45, 2.75) is 13.0 Å². The van der Waals surface area contributed by atoms with E-state index in [-0.39, 0.29) is 34.4 Å². The van der Waals surface area contributed by atoms with Crippen LogP contribution in [0.1, 0.15) is 17.4 Å². The van der Waals surface area contributed by atoms with Crippen LogP contribution in [0, 0.1) is 0 Å². The number of aromatic nitrogens is 1. The molecule has 1 amide bonds. The fourth-order valence-electron chi connectivity index (χ4n) is 1.06. The van der Waals surface area contributed by atoms with Gasteiger partial charge in [-0.05, 0) is 19.1 Å². The lowest BCUT2D eigenvalue weighted by molar-refractivity contribution is 0.0676. The summed E-state index contributed by atoms with van der Waals surface area (Å²) >= 11 is 11.5. The lowest BCUT2D eigenvalue weighted by Crippen LogP contribution is -2.37. The zero-order chi connectivity index (χ0) is 12.3. The molecule has 1 unspecified atom stereocenters. The fraction of sp³-hybridized carbons (Fsp3) is 0.400. The number of rotatable bonds is 3. The van der Waals surface area contributed by atoms with Crippen molar-refractivity contribution in [3.63, 3.8) is 0 Å². The second-order valence-electron chi connectivity index (χ2n) is 3.41. The van der Waals surface area contributed by atoms with Crippen molar-refractivity contribution >= 4 is 29.1 Å². The van der Waals surface area contributed by atoms with Gasteiger partial charge in [0.2, 0.25) is 0 Å². The normalized spacial score (nSPS) is 12.3. The second kappa shape index (κ2) is 5.48. The summed E-state index contributed by atoms with van der Waals surface area (Å²) in [6, 6.07) is 2.72. The predicted molar refractivity (Wildman–Crippen MR) is 62.9 cm³/mol. The molecule has 0 saturated heterocycles. The van der Waals surface area contributed by atoms with Crippen LogP contribution in [0.25, 0.3) is 0 Å². The molecule has 16 heavy (non-hydrogen) atoms. The number of hydrogen-bond acceptors (Lipinski definition) is 3. The first-order chi connectivity index (χ1) is 7.47. The number of pyridine rings is 1. The van der Waals surface area contributed by atoms with Gasteiger partial charge >= 0.3 is 0 Å². The van der Waals surface area contributed by atoms with Crippen LogP contribution in [-0.2, 0) is 0 Å². The predicted octanol–water partition coefficient (Wildman–Crippen LogP) is 1.84. The number of aliphatic hydroxyl groups excluding tert-OH is 1. The number of aliphatic hydroxyl groups is 1. The number of carbonyl (C=O) groups excluding carboxylic acids is 1. The van der Waals surface area contributed by atoms with Crippen molar-refractivity contribution in [2.24, 2.45) is 0 Å². The molecule has 1 aromatic heterocycles. The molecule has 0 fully saturated rings. The maximum atomic E-state index is 11.9. The van der Waals surface area contributed by atoms with Gasteiger partial charge in [0.15, 0.2) is 0 Å². The van der Waals surface area contributed by atoms with Gasteiger partial charge in [0.25, 0.3) is 5.91 Å². The summed E-state index contributed by atoms with van der Waals surface area (Å²) in [4.78, 5) is 17.2. The molecule has 88 valence electrons. The Bertz CT molecular complexity index is 398. The molecule has 0 saturated carbocycles. The molecule has 0 aromatic carbocycles. The van der Waals surface area contributed by atoms with Crippen LogP contribution < -0.4 is 0 Å². The molecule has 1 atom stereocenters. The second-order valence-corrected chi connectivity index (χ2v) is 4.21. The smallest absolute Gasteiger partial charge is 0.274 e. The SMILES string of the molecule is CC(CO)N(C)C(=O)c1nc(Cl)ccc1Cl. The molecule has 0 bridgehead atoms. The van der Waals surface area contributed by atoms with Crippen LogP contribution in [0.5, 0.6) is 0 Å². The average Bonchev–Trinajstić information content (AvgIpc) is 2.29. The van der Waals surface area contributed by atoms with Crippen molar-refractivity contribution in [3.05, 3.63) is 28.0 Å². The molecule has 1 heterocycles. The van der Waals surface area contributed by atoms with E-state index in [9.17, 15) is 4.79 Å². The molecule has 4 nitrogen and oxygen atoms in total. The maximum absolute atomic E-state index is 11.9. The molecular weight excluding hydrogens is 251 g/mol. The van der Waals surface area contributed by atoms with E-state index in [1.54, 1.807) is 14.0 Å². The third kappa shape index (κ3) is 2.84. The zero-order valence-electron chi connectivity index (χ0n) is 8.94. The summed E-state index contributed by atoms with van der Waals surface area (Å²) in [5.41, 5.74) is 0.0944. The van der Waals surface area contributed by atoms with Gasteiger partial charge in [-0.1, -0.05) is 23.2 Å². The van der Waals surface area contributed by atoms with E-state index in [1.807, 2.05) is 0 Å². The summed E-state index contributed by atoms with van der Waals surface area (Å²) in [5, 5.41) is 9.40. The summed E-state index contributed by atoms with van der Waals surface area (Å²) < 4.78 is 0. The summed E-state index contributed by atoms with van der Waals surface area (Å²) in [5.74, 6) is -0.367. The highest BCUT2D eigenvalue weighted by molar-refractivity contribution is 6.34. The van der Waals surface area contributed by atoms with Crippen molar-refractivity contribution in [3.8, 4) is 0 Å². The molecule has 0 radical (unpaired) electrons. The largest absolute Gasteiger partial charge is 0.394 e. The van der Waals surface area contributed by atoms with Gasteiger partial charge in [-0.3, -0.25) is 4.79 Å². The number of amides is 1. The lowest BCUT2D eigenvalue weighted by atomic mass is 10.2. The maximum Gasteiger partial charge on any atom is 0.274 e. The van der Waals surface area contributed by atoms with E-state index < -0.39 is 0 Å². The van der Waals surface area contributed by atoms with Crippen LogP contribution in [0.4, 0.5) is 0 Å². The minimum Gasteiger partial charge on any atom is -0.394 e. The average molecular weight is 263 g/mol. The molecule has 1 rings (SSSR count). The number of nitrogens with zero attached hydrogens (tertiary/aromatic N) is 2. The van der Waals surface area contributed by atoms with Crippen LogP contribution in [-0.4, -0.2) is 40.6 Å². The van der Waals surface area contributed by atoms with Gasteiger partial charge in [0.05, 0.1) is 17.7 Å². The van der Waals surface area contributed by atoms with E-state index in [1.165, 1.54) is 17.0 Å². The van der Waals surface area contributed by atoms with E-state index in [0.29, 0.717) is 0 Å².